The Morgan fingerprint density at radius 3 is 2.35 bits per heavy atom. The molecule has 0 spiro atoms. The molecule has 9 heteroatoms. The van der Waals surface area contributed by atoms with Crippen LogP contribution in [0.3, 0.4) is 0 Å². The summed E-state index contributed by atoms with van der Waals surface area (Å²) in [4.78, 5) is 27.6. The lowest BCUT2D eigenvalue weighted by atomic mass is 10.2. The van der Waals surface area contributed by atoms with Gasteiger partial charge in [0.25, 0.3) is 11.6 Å². The fraction of sp³-hybridized carbons (Fsp3) is 0.412. The highest BCUT2D eigenvalue weighted by molar-refractivity contribution is 7.13. The second kappa shape index (κ2) is 9.14. The van der Waals surface area contributed by atoms with Gasteiger partial charge in [0.1, 0.15) is 10.6 Å². The predicted octanol–water partition coefficient (Wildman–Crippen LogP) is 4.19. The van der Waals surface area contributed by atoms with Crippen LogP contribution in [0.1, 0.15) is 41.4 Å². The van der Waals surface area contributed by atoms with Crippen molar-refractivity contribution in [2.24, 2.45) is 0 Å². The molecule has 0 aliphatic heterocycles. The van der Waals surface area contributed by atoms with Crippen molar-refractivity contribution in [3.8, 4) is 11.5 Å². The van der Waals surface area contributed by atoms with E-state index in [1.54, 1.807) is 6.92 Å². The number of rotatable bonds is 9. The number of ether oxygens (including phenoxy) is 2. The minimum absolute atomic E-state index is 0.0565. The molecule has 0 unspecified atom stereocenters. The van der Waals surface area contributed by atoms with Gasteiger partial charge in [0.05, 0.1) is 35.4 Å². The number of nitro groups is 1. The first-order chi connectivity index (χ1) is 12.5. The smallest absolute Gasteiger partial charge is 0.296 e. The van der Waals surface area contributed by atoms with Gasteiger partial charge in [-0.05, 0) is 19.8 Å². The van der Waals surface area contributed by atoms with Crippen LogP contribution in [0.5, 0.6) is 11.5 Å². The molecule has 1 heterocycles. The quantitative estimate of drug-likeness (QED) is 0.517. The lowest BCUT2D eigenvalue weighted by Gasteiger charge is -2.14. The van der Waals surface area contributed by atoms with E-state index in [9.17, 15) is 14.9 Å². The average molecular weight is 379 g/mol. The molecule has 0 radical (unpaired) electrons. The number of anilines is 1. The summed E-state index contributed by atoms with van der Waals surface area (Å²) in [5.41, 5.74) is -0.199. The minimum atomic E-state index is -0.560. The number of aryl methyl sites for hydroxylation is 1. The molecular formula is C17H21N3O5S. The number of carbonyl (C=O) groups excluding carboxylic acids is 1. The van der Waals surface area contributed by atoms with Crippen LogP contribution in [0.2, 0.25) is 0 Å². The van der Waals surface area contributed by atoms with Gasteiger partial charge in [0.2, 0.25) is 0 Å². The second-order valence-electron chi connectivity index (χ2n) is 5.47. The number of hydrogen-bond donors (Lipinski definition) is 1. The Labute approximate surface area is 155 Å². The predicted molar refractivity (Wildman–Crippen MR) is 99.5 cm³/mol. The van der Waals surface area contributed by atoms with Gasteiger partial charge >= 0.3 is 0 Å². The largest absolute Gasteiger partial charge is 0.490 e. The fourth-order valence-corrected chi connectivity index (χ4v) is 2.77. The molecule has 26 heavy (non-hydrogen) atoms. The molecule has 1 amide bonds. The van der Waals surface area contributed by atoms with Gasteiger partial charge in [0.15, 0.2) is 11.5 Å². The van der Waals surface area contributed by atoms with Crippen LogP contribution >= 0.6 is 11.3 Å². The van der Waals surface area contributed by atoms with E-state index in [-0.39, 0.29) is 11.4 Å². The molecular weight excluding hydrogens is 358 g/mol. The molecule has 1 N–H and O–H groups in total. The monoisotopic (exact) mass is 379 g/mol. The number of hydrogen-bond acceptors (Lipinski definition) is 7. The number of aromatic nitrogens is 1. The van der Waals surface area contributed by atoms with Crippen LogP contribution in [0.25, 0.3) is 0 Å². The molecule has 0 fully saturated rings. The van der Waals surface area contributed by atoms with Gasteiger partial charge in [0, 0.05) is 6.07 Å². The van der Waals surface area contributed by atoms with Gasteiger partial charge in [-0.1, -0.05) is 13.8 Å². The molecule has 8 nitrogen and oxygen atoms in total. The molecule has 0 saturated carbocycles. The summed E-state index contributed by atoms with van der Waals surface area (Å²) in [6, 6.07) is 2.72. The van der Waals surface area contributed by atoms with Gasteiger partial charge < -0.3 is 14.8 Å². The number of nitrogens with zero attached hydrogens (tertiary/aromatic N) is 2. The van der Waals surface area contributed by atoms with E-state index in [0.29, 0.717) is 29.6 Å². The standard InChI is InChI=1S/C17H21N3O5S/c1-4-6-24-14-8-12(19-17(21)16-10-18-11(3)26-16)13(20(22)23)9-15(14)25-7-5-2/h8-10H,4-7H2,1-3H3,(H,19,21). The first-order valence-corrected chi connectivity index (χ1v) is 9.09. The van der Waals surface area contributed by atoms with E-state index in [2.05, 4.69) is 10.3 Å². The van der Waals surface area contributed by atoms with Crippen molar-refractivity contribution in [2.45, 2.75) is 33.6 Å². The molecule has 0 aliphatic carbocycles. The summed E-state index contributed by atoms with van der Waals surface area (Å²) >= 11 is 1.21. The lowest BCUT2D eigenvalue weighted by molar-refractivity contribution is -0.384. The van der Waals surface area contributed by atoms with E-state index in [1.165, 1.54) is 29.7 Å². The Balaban J connectivity index is 2.38. The molecule has 2 rings (SSSR count). The van der Waals surface area contributed by atoms with Gasteiger partial charge in [-0.15, -0.1) is 11.3 Å². The van der Waals surface area contributed by atoms with Crippen LogP contribution in [0.4, 0.5) is 11.4 Å². The summed E-state index contributed by atoms with van der Waals surface area (Å²) in [5.74, 6) is 0.197. The number of carbonyl (C=O) groups is 1. The first kappa shape index (κ1) is 19.6. The highest BCUT2D eigenvalue weighted by atomic mass is 32.1. The van der Waals surface area contributed by atoms with Crippen LogP contribution in [-0.4, -0.2) is 29.0 Å². The zero-order valence-electron chi connectivity index (χ0n) is 14.9. The Morgan fingerprint density at radius 2 is 1.85 bits per heavy atom. The summed E-state index contributed by atoms with van der Waals surface area (Å²) in [7, 11) is 0. The van der Waals surface area contributed by atoms with Crippen LogP contribution in [0.15, 0.2) is 18.3 Å². The maximum absolute atomic E-state index is 12.3. The van der Waals surface area contributed by atoms with Crippen molar-refractivity contribution < 1.29 is 19.2 Å². The van der Waals surface area contributed by atoms with E-state index in [4.69, 9.17) is 9.47 Å². The summed E-state index contributed by atoms with van der Waals surface area (Å²) in [5, 5.41) is 14.8. The summed E-state index contributed by atoms with van der Waals surface area (Å²) in [6.45, 7) is 6.51. The second-order valence-corrected chi connectivity index (χ2v) is 6.70. The van der Waals surface area contributed by atoms with E-state index < -0.39 is 10.8 Å². The van der Waals surface area contributed by atoms with Crippen molar-refractivity contribution in [3.63, 3.8) is 0 Å². The third kappa shape index (κ3) is 4.92. The van der Waals surface area contributed by atoms with Gasteiger partial charge in [-0.25, -0.2) is 4.98 Å². The average Bonchev–Trinajstić information content (AvgIpc) is 3.05. The Morgan fingerprint density at radius 1 is 1.23 bits per heavy atom. The topological polar surface area (TPSA) is 104 Å². The van der Waals surface area contributed by atoms with Crippen molar-refractivity contribution in [2.75, 3.05) is 18.5 Å². The van der Waals surface area contributed by atoms with Crippen molar-refractivity contribution >= 4 is 28.6 Å². The highest BCUT2D eigenvalue weighted by Gasteiger charge is 2.22. The van der Waals surface area contributed by atoms with E-state index in [1.807, 2.05) is 13.8 Å². The van der Waals surface area contributed by atoms with Gasteiger partial charge in [-0.3, -0.25) is 14.9 Å². The SMILES string of the molecule is CCCOc1cc(NC(=O)c2cnc(C)s2)c([N+](=O)[O-])cc1OCCC. The summed E-state index contributed by atoms with van der Waals surface area (Å²) < 4.78 is 11.2. The zero-order chi connectivity index (χ0) is 19.1. The van der Waals surface area contributed by atoms with Crippen LogP contribution < -0.4 is 14.8 Å². The maximum Gasteiger partial charge on any atom is 0.296 e. The first-order valence-electron chi connectivity index (χ1n) is 8.28. The number of nitrogens with one attached hydrogen (secondary N) is 1. The molecule has 0 saturated heterocycles. The molecule has 0 bridgehead atoms. The Bertz CT molecular complexity index is 791. The highest BCUT2D eigenvalue weighted by Crippen LogP contribution is 2.38. The van der Waals surface area contributed by atoms with Crippen molar-refractivity contribution in [3.05, 3.63) is 38.3 Å². The zero-order valence-corrected chi connectivity index (χ0v) is 15.7. The van der Waals surface area contributed by atoms with Crippen molar-refractivity contribution in [1.29, 1.82) is 0 Å². The molecule has 0 atom stereocenters. The number of thiazole rings is 1. The Hall–Kier alpha value is -2.68. The van der Waals surface area contributed by atoms with Crippen LogP contribution in [0, 0.1) is 17.0 Å². The maximum atomic E-state index is 12.3. The molecule has 140 valence electrons. The lowest BCUT2D eigenvalue weighted by Crippen LogP contribution is -2.12. The fourth-order valence-electron chi connectivity index (χ4n) is 2.10. The van der Waals surface area contributed by atoms with E-state index >= 15 is 0 Å². The number of benzene rings is 1. The van der Waals surface area contributed by atoms with Gasteiger partial charge in [-0.2, -0.15) is 0 Å². The normalized spacial score (nSPS) is 10.4. The number of nitro benzene ring substituents is 1. The molecule has 2 aromatic rings. The third-order valence-corrected chi connectivity index (χ3v) is 4.19. The molecule has 0 aliphatic rings. The summed E-state index contributed by atoms with van der Waals surface area (Å²) in [6.07, 6.45) is 2.96. The molecule has 1 aromatic carbocycles. The molecule has 1 aromatic heterocycles. The van der Waals surface area contributed by atoms with Crippen molar-refractivity contribution in [1.82, 2.24) is 4.98 Å². The van der Waals surface area contributed by atoms with Crippen LogP contribution in [-0.2, 0) is 0 Å². The van der Waals surface area contributed by atoms with E-state index in [0.717, 1.165) is 17.8 Å². The number of amides is 1. The minimum Gasteiger partial charge on any atom is -0.490 e. The Kier molecular flexibility index (Phi) is 6.90. The third-order valence-electron chi connectivity index (χ3n) is 3.28.